The average Bonchev–Trinajstić information content (AvgIpc) is 3.55. The van der Waals surface area contributed by atoms with Gasteiger partial charge in [-0.3, -0.25) is 0 Å². The summed E-state index contributed by atoms with van der Waals surface area (Å²) in [5, 5.41) is 7.03. The van der Waals surface area contributed by atoms with E-state index >= 15 is 0 Å². The van der Waals surface area contributed by atoms with E-state index in [1.165, 1.54) is 38.2 Å². The molecule has 0 saturated heterocycles. The van der Waals surface area contributed by atoms with Gasteiger partial charge in [0.15, 0.2) is 17.5 Å². The first kappa shape index (κ1) is 32.8. The molecule has 0 radical (unpaired) electrons. The molecule has 0 amide bonds. The number of hydrogen-bond donors (Lipinski definition) is 0. The molecule has 4 heteroatoms. The van der Waals surface area contributed by atoms with Gasteiger partial charge in [-0.05, 0) is 85.0 Å². The van der Waals surface area contributed by atoms with E-state index in [2.05, 4.69) is 163 Å². The zero-order valence-electron chi connectivity index (χ0n) is 31.0. The minimum atomic E-state index is -0.0640. The summed E-state index contributed by atoms with van der Waals surface area (Å²) in [6.07, 6.45) is 0. The summed E-state index contributed by atoms with van der Waals surface area (Å²) in [5.41, 5.74) is 8.98. The molecule has 9 aromatic rings. The molecule has 0 unspecified atom stereocenters. The largest absolute Gasteiger partial charge is 0.455 e. The summed E-state index contributed by atoms with van der Waals surface area (Å²) in [6, 6.07) is 49.4. The maximum absolute atomic E-state index is 6.51. The Morgan fingerprint density at radius 3 is 1.75 bits per heavy atom. The van der Waals surface area contributed by atoms with Crippen LogP contribution in [0.4, 0.5) is 0 Å². The first-order valence-electron chi connectivity index (χ1n) is 18.4. The van der Waals surface area contributed by atoms with Crippen LogP contribution in [-0.2, 0) is 10.8 Å². The Morgan fingerprint density at radius 2 is 0.981 bits per heavy atom. The molecule has 0 saturated carbocycles. The topological polar surface area (TPSA) is 51.8 Å². The highest BCUT2D eigenvalue weighted by atomic mass is 16.3. The Morgan fingerprint density at radius 1 is 0.415 bits per heavy atom. The molecule has 7 aromatic carbocycles. The molecule has 2 heterocycles. The second-order valence-corrected chi connectivity index (χ2v) is 16.2. The van der Waals surface area contributed by atoms with Gasteiger partial charge >= 0.3 is 0 Å². The van der Waals surface area contributed by atoms with Crippen LogP contribution in [0.2, 0.25) is 0 Å². The maximum Gasteiger partial charge on any atom is 0.167 e. The highest BCUT2D eigenvalue weighted by molar-refractivity contribution is 6.14. The van der Waals surface area contributed by atoms with Crippen molar-refractivity contribution in [3.05, 3.63) is 151 Å². The van der Waals surface area contributed by atoms with Crippen molar-refractivity contribution >= 4 is 43.5 Å². The van der Waals surface area contributed by atoms with Gasteiger partial charge in [0.25, 0.3) is 0 Å². The number of fused-ring (bicyclic) bond motifs is 6. The Labute approximate surface area is 310 Å². The lowest BCUT2D eigenvalue weighted by Crippen LogP contribution is -2.16. The summed E-state index contributed by atoms with van der Waals surface area (Å²) >= 11 is 0. The summed E-state index contributed by atoms with van der Waals surface area (Å²) in [7, 11) is 0. The van der Waals surface area contributed by atoms with Crippen molar-refractivity contribution in [2.45, 2.75) is 52.4 Å². The van der Waals surface area contributed by atoms with E-state index in [4.69, 9.17) is 19.4 Å². The van der Waals surface area contributed by atoms with Crippen LogP contribution in [-0.4, -0.2) is 15.0 Å². The predicted octanol–water partition coefficient (Wildman–Crippen LogP) is 13.3. The van der Waals surface area contributed by atoms with Crippen molar-refractivity contribution in [3.63, 3.8) is 0 Å². The van der Waals surface area contributed by atoms with Crippen LogP contribution < -0.4 is 0 Å². The number of aromatic nitrogens is 3. The molecule has 0 bridgehead atoms. The van der Waals surface area contributed by atoms with Crippen LogP contribution in [0.1, 0.15) is 52.7 Å². The molecule has 0 atom stereocenters. The number of rotatable bonds is 4. The number of para-hydroxylation sites is 2. The fourth-order valence-electron chi connectivity index (χ4n) is 7.43. The van der Waals surface area contributed by atoms with Gasteiger partial charge in [0, 0.05) is 21.9 Å². The molecule has 258 valence electrons. The standard InChI is InChI=1S/C49H41N3O/c1-48(2,3)35-27-34(28-36(29-35)49(4,5)6)46-50-45(51-47(52-46)41-22-13-21-40-39-19-9-10-23-42(39)53-44(40)41)33-17-11-16-32(26-33)38-20-12-15-31-25-24-30-14-7-8-18-37(30)43(31)38/h7-29H,1-6H3. The van der Waals surface area contributed by atoms with Crippen molar-refractivity contribution in [2.24, 2.45) is 0 Å². The van der Waals surface area contributed by atoms with Crippen LogP contribution in [0.3, 0.4) is 0 Å². The summed E-state index contributed by atoms with van der Waals surface area (Å²) in [6.45, 7) is 13.5. The molecule has 9 rings (SSSR count). The van der Waals surface area contributed by atoms with E-state index in [0.717, 1.165) is 44.2 Å². The van der Waals surface area contributed by atoms with Crippen molar-refractivity contribution < 1.29 is 4.42 Å². The zero-order chi connectivity index (χ0) is 36.5. The Bertz CT molecular complexity index is 2830. The third kappa shape index (κ3) is 5.85. The van der Waals surface area contributed by atoms with Gasteiger partial charge in [-0.25, -0.2) is 15.0 Å². The molecular formula is C49H41N3O. The van der Waals surface area contributed by atoms with Gasteiger partial charge in [0.2, 0.25) is 0 Å². The van der Waals surface area contributed by atoms with Gasteiger partial charge in [-0.2, -0.15) is 0 Å². The lowest BCUT2D eigenvalue weighted by molar-refractivity contribution is 0.569. The molecule has 0 aliphatic heterocycles. The minimum Gasteiger partial charge on any atom is -0.455 e. The smallest absolute Gasteiger partial charge is 0.167 e. The van der Waals surface area contributed by atoms with Crippen LogP contribution >= 0.6 is 0 Å². The van der Waals surface area contributed by atoms with Crippen molar-refractivity contribution in [1.29, 1.82) is 0 Å². The van der Waals surface area contributed by atoms with E-state index < -0.39 is 0 Å². The fourth-order valence-corrected chi connectivity index (χ4v) is 7.43. The quantitative estimate of drug-likeness (QED) is 0.173. The summed E-state index contributed by atoms with van der Waals surface area (Å²) < 4.78 is 6.51. The normalized spacial score (nSPS) is 12.3. The van der Waals surface area contributed by atoms with Gasteiger partial charge < -0.3 is 4.42 Å². The second kappa shape index (κ2) is 12.2. The van der Waals surface area contributed by atoms with Crippen LogP contribution in [0.25, 0.3) is 88.8 Å². The van der Waals surface area contributed by atoms with Crippen LogP contribution in [0, 0.1) is 0 Å². The van der Waals surface area contributed by atoms with Gasteiger partial charge in [-0.1, -0.05) is 151 Å². The third-order valence-electron chi connectivity index (χ3n) is 10.4. The van der Waals surface area contributed by atoms with Gasteiger partial charge in [0.05, 0.1) is 5.56 Å². The second-order valence-electron chi connectivity index (χ2n) is 16.2. The van der Waals surface area contributed by atoms with Crippen molar-refractivity contribution in [3.8, 4) is 45.3 Å². The SMILES string of the molecule is CC(C)(C)c1cc(-c2nc(-c3cccc(-c4cccc5ccc6ccccc6c45)c3)nc(-c3cccc4c3oc3ccccc34)n2)cc(C(C)(C)C)c1. The van der Waals surface area contributed by atoms with E-state index in [1.807, 2.05) is 18.2 Å². The van der Waals surface area contributed by atoms with E-state index in [1.54, 1.807) is 0 Å². The molecule has 0 fully saturated rings. The predicted molar refractivity (Wildman–Crippen MR) is 221 cm³/mol. The highest BCUT2D eigenvalue weighted by Crippen LogP contribution is 2.39. The van der Waals surface area contributed by atoms with Crippen LogP contribution in [0.15, 0.2) is 144 Å². The average molecular weight is 688 g/mol. The maximum atomic E-state index is 6.51. The number of furan rings is 1. The number of nitrogens with zero attached hydrogens (tertiary/aromatic N) is 3. The zero-order valence-corrected chi connectivity index (χ0v) is 31.0. The minimum absolute atomic E-state index is 0.0640. The molecular weight excluding hydrogens is 647 g/mol. The highest BCUT2D eigenvalue weighted by Gasteiger charge is 2.23. The third-order valence-corrected chi connectivity index (χ3v) is 10.4. The van der Waals surface area contributed by atoms with Gasteiger partial charge in [-0.15, -0.1) is 0 Å². The van der Waals surface area contributed by atoms with E-state index in [-0.39, 0.29) is 10.8 Å². The molecule has 53 heavy (non-hydrogen) atoms. The lowest BCUT2D eigenvalue weighted by atomic mass is 9.79. The Hall–Kier alpha value is -6.13. The molecule has 0 aliphatic rings. The molecule has 4 nitrogen and oxygen atoms in total. The van der Waals surface area contributed by atoms with E-state index in [9.17, 15) is 0 Å². The number of benzene rings is 7. The van der Waals surface area contributed by atoms with E-state index in [0.29, 0.717) is 17.5 Å². The Balaban J connectivity index is 1.29. The molecule has 0 spiro atoms. The van der Waals surface area contributed by atoms with Crippen molar-refractivity contribution in [2.75, 3.05) is 0 Å². The lowest BCUT2D eigenvalue weighted by Gasteiger charge is -2.26. The van der Waals surface area contributed by atoms with Crippen molar-refractivity contribution in [1.82, 2.24) is 15.0 Å². The number of hydrogen-bond acceptors (Lipinski definition) is 4. The fraction of sp³-hybridized carbons (Fsp3) is 0.163. The Kier molecular flexibility index (Phi) is 7.56. The monoisotopic (exact) mass is 687 g/mol. The van der Waals surface area contributed by atoms with Crippen LogP contribution in [0.5, 0.6) is 0 Å². The summed E-state index contributed by atoms with van der Waals surface area (Å²) in [4.78, 5) is 15.7. The van der Waals surface area contributed by atoms with Gasteiger partial charge in [0.1, 0.15) is 11.2 Å². The molecule has 2 aromatic heterocycles. The summed E-state index contributed by atoms with van der Waals surface area (Å²) in [5.74, 6) is 1.83. The molecule has 0 aliphatic carbocycles. The molecule has 0 N–H and O–H groups in total. The first-order valence-corrected chi connectivity index (χ1v) is 18.4. The first-order chi connectivity index (χ1) is 25.5.